The molecule has 0 radical (unpaired) electrons. The first-order valence-electron chi connectivity index (χ1n) is 10.7. The lowest BCUT2D eigenvalue weighted by atomic mass is 10.2. The number of methoxy groups -OCH3 is 2. The van der Waals surface area contributed by atoms with Gasteiger partial charge in [-0.25, -0.2) is 5.43 Å². The average Bonchev–Trinajstić information content (AvgIpc) is 3.35. The Bertz CT molecular complexity index is 1310. The molecular weight excluding hydrogens is 464 g/mol. The number of hydrogen-bond donors (Lipinski definition) is 1. The van der Waals surface area contributed by atoms with E-state index >= 15 is 0 Å². The molecule has 0 spiro atoms. The average molecular weight is 489 g/mol. The summed E-state index contributed by atoms with van der Waals surface area (Å²) < 4.78 is 12.5. The van der Waals surface area contributed by atoms with Crippen LogP contribution in [0.1, 0.15) is 12.5 Å². The van der Waals surface area contributed by atoms with Crippen molar-refractivity contribution in [3.63, 3.8) is 0 Å². The summed E-state index contributed by atoms with van der Waals surface area (Å²) in [7, 11) is 3.24. The molecule has 0 aliphatic rings. The van der Waals surface area contributed by atoms with Crippen molar-refractivity contribution in [2.24, 2.45) is 5.10 Å². The SMILES string of the molecule is COc1ccc(-c2nnc(SCC(=O)N/N=C(\C)c3cccnc3)n2-c2ccc(OC)cc2)cc1. The number of nitrogens with zero attached hydrogens (tertiary/aromatic N) is 5. The lowest BCUT2D eigenvalue weighted by Crippen LogP contribution is -2.21. The minimum absolute atomic E-state index is 0.112. The molecule has 178 valence electrons. The third-order valence-corrected chi connectivity index (χ3v) is 6.00. The van der Waals surface area contributed by atoms with Crippen LogP contribution in [0.4, 0.5) is 0 Å². The molecule has 0 fully saturated rings. The van der Waals surface area contributed by atoms with Gasteiger partial charge in [-0.05, 0) is 61.5 Å². The number of rotatable bonds is 9. The summed E-state index contributed by atoms with van der Waals surface area (Å²) in [4.78, 5) is 16.6. The van der Waals surface area contributed by atoms with Gasteiger partial charge in [-0.1, -0.05) is 17.8 Å². The second kappa shape index (κ2) is 11.3. The number of carbonyl (C=O) groups is 1. The summed E-state index contributed by atoms with van der Waals surface area (Å²) in [5.74, 6) is 1.99. The van der Waals surface area contributed by atoms with Crippen molar-refractivity contribution in [2.75, 3.05) is 20.0 Å². The van der Waals surface area contributed by atoms with E-state index in [-0.39, 0.29) is 11.7 Å². The number of thioether (sulfide) groups is 1. The van der Waals surface area contributed by atoms with E-state index < -0.39 is 0 Å². The fraction of sp³-hybridized carbons (Fsp3) is 0.160. The second-order valence-electron chi connectivity index (χ2n) is 7.33. The van der Waals surface area contributed by atoms with E-state index in [2.05, 4.69) is 25.7 Å². The van der Waals surface area contributed by atoms with E-state index in [0.717, 1.165) is 28.3 Å². The van der Waals surface area contributed by atoms with Crippen LogP contribution in [0.3, 0.4) is 0 Å². The summed E-state index contributed by atoms with van der Waals surface area (Å²) in [5, 5.41) is 13.5. The van der Waals surface area contributed by atoms with Crippen LogP contribution in [0.25, 0.3) is 17.1 Å². The predicted molar refractivity (Wildman–Crippen MR) is 135 cm³/mol. The Morgan fingerprint density at radius 2 is 1.69 bits per heavy atom. The van der Waals surface area contributed by atoms with Gasteiger partial charge in [0, 0.05) is 29.2 Å². The normalized spacial score (nSPS) is 11.2. The van der Waals surface area contributed by atoms with Gasteiger partial charge in [-0.2, -0.15) is 5.10 Å². The van der Waals surface area contributed by atoms with Gasteiger partial charge in [-0.3, -0.25) is 14.3 Å². The van der Waals surface area contributed by atoms with Crippen molar-refractivity contribution in [3.8, 4) is 28.6 Å². The van der Waals surface area contributed by atoms with E-state index in [1.165, 1.54) is 11.8 Å². The highest BCUT2D eigenvalue weighted by molar-refractivity contribution is 7.99. The molecule has 0 bridgehead atoms. The minimum atomic E-state index is -0.256. The lowest BCUT2D eigenvalue weighted by Gasteiger charge is -2.11. The van der Waals surface area contributed by atoms with Crippen molar-refractivity contribution in [3.05, 3.63) is 78.6 Å². The van der Waals surface area contributed by atoms with Crippen LogP contribution in [0, 0.1) is 0 Å². The molecule has 2 aromatic carbocycles. The fourth-order valence-electron chi connectivity index (χ4n) is 3.20. The third-order valence-electron chi connectivity index (χ3n) is 5.07. The molecule has 10 heteroatoms. The van der Waals surface area contributed by atoms with Crippen LogP contribution in [0.2, 0.25) is 0 Å². The first-order chi connectivity index (χ1) is 17.1. The predicted octanol–water partition coefficient (Wildman–Crippen LogP) is 3.98. The molecule has 1 N–H and O–H groups in total. The molecular formula is C25H24N6O3S. The largest absolute Gasteiger partial charge is 0.497 e. The number of hydrazone groups is 1. The van der Waals surface area contributed by atoms with E-state index in [0.29, 0.717) is 16.7 Å². The van der Waals surface area contributed by atoms with Crippen LogP contribution in [0.15, 0.2) is 83.3 Å². The molecule has 2 heterocycles. The van der Waals surface area contributed by atoms with Crippen molar-refractivity contribution in [1.29, 1.82) is 0 Å². The lowest BCUT2D eigenvalue weighted by molar-refractivity contribution is -0.118. The smallest absolute Gasteiger partial charge is 0.250 e. The molecule has 0 unspecified atom stereocenters. The van der Waals surface area contributed by atoms with E-state index in [1.54, 1.807) is 26.6 Å². The highest BCUT2D eigenvalue weighted by Gasteiger charge is 2.17. The Kier molecular flexibility index (Phi) is 7.74. The maximum atomic E-state index is 12.5. The van der Waals surface area contributed by atoms with Crippen molar-refractivity contribution in [1.82, 2.24) is 25.2 Å². The Hall–Kier alpha value is -4.18. The van der Waals surface area contributed by atoms with E-state index in [9.17, 15) is 4.79 Å². The molecule has 9 nitrogen and oxygen atoms in total. The third kappa shape index (κ3) is 5.85. The molecule has 2 aromatic heterocycles. The standard InChI is InChI=1S/C25H24N6O3S/c1-17(19-5-4-14-26-15-19)27-28-23(32)16-35-25-30-29-24(18-6-10-21(33-2)11-7-18)31(25)20-8-12-22(34-3)13-9-20/h4-15H,16H2,1-3H3,(H,28,32)/b27-17+. The van der Waals surface area contributed by atoms with Crippen LogP contribution >= 0.6 is 11.8 Å². The molecule has 35 heavy (non-hydrogen) atoms. The number of aromatic nitrogens is 4. The summed E-state index contributed by atoms with van der Waals surface area (Å²) in [6, 6.07) is 18.8. The molecule has 1 amide bonds. The topological polar surface area (TPSA) is 104 Å². The molecule has 4 aromatic rings. The van der Waals surface area contributed by atoms with Crippen LogP contribution in [-0.4, -0.2) is 51.3 Å². The first-order valence-corrected chi connectivity index (χ1v) is 11.7. The van der Waals surface area contributed by atoms with Gasteiger partial charge in [0.1, 0.15) is 11.5 Å². The number of hydrogen-bond acceptors (Lipinski definition) is 8. The maximum absolute atomic E-state index is 12.5. The summed E-state index contributed by atoms with van der Waals surface area (Å²) in [6.45, 7) is 1.81. The van der Waals surface area contributed by atoms with Crippen LogP contribution in [0.5, 0.6) is 11.5 Å². The highest BCUT2D eigenvalue weighted by Crippen LogP contribution is 2.29. The minimum Gasteiger partial charge on any atom is -0.497 e. The van der Waals surface area contributed by atoms with Gasteiger partial charge < -0.3 is 9.47 Å². The Morgan fingerprint density at radius 1 is 1.00 bits per heavy atom. The van der Waals surface area contributed by atoms with E-state index in [4.69, 9.17) is 9.47 Å². The zero-order valence-electron chi connectivity index (χ0n) is 19.5. The van der Waals surface area contributed by atoms with Crippen molar-refractivity contribution in [2.45, 2.75) is 12.1 Å². The maximum Gasteiger partial charge on any atom is 0.250 e. The van der Waals surface area contributed by atoms with E-state index in [1.807, 2.05) is 72.2 Å². The van der Waals surface area contributed by atoms with Crippen LogP contribution in [-0.2, 0) is 4.79 Å². The van der Waals surface area contributed by atoms with Crippen molar-refractivity contribution >= 4 is 23.4 Å². The van der Waals surface area contributed by atoms with Crippen molar-refractivity contribution < 1.29 is 14.3 Å². The summed E-state index contributed by atoms with van der Waals surface area (Å²) in [5.41, 5.74) is 5.80. The van der Waals surface area contributed by atoms with Gasteiger partial charge >= 0.3 is 0 Å². The zero-order valence-corrected chi connectivity index (χ0v) is 20.3. The Morgan fingerprint density at radius 3 is 2.31 bits per heavy atom. The quantitative estimate of drug-likeness (QED) is 0.216. The molecule has 0 saturated heterocycles. The second-order valence-corrected chi connectivity index (χ2v) is 8.27. The zero-order chi connectivity index (χ0) is 24.6. The molecule has 0 aliphatic heterocycles. The summed E-state index contributed by atoms with van der Waals surface area (Å²) in [6.07, 6.45) is 3.38. The molecule has 4 rings (SSSR count). The van der Waals surface area contributed by atoms with Gasteiger partial charge in [0.05, 0.1) is 25.7 Å². The number of amides is 1. The fourth-order valence-corrected chi connectivity index (χ4v) is 3.95. The van der Waals surface area contributed by atoms with Gasteiger partial charge in [0.15, 0.2) is 11.0 Å². The Labute approximate surface area is 207 Å². The number of nitrogens with one attached hydrogen (secondary N) is 1. The van der Waals surface area contributed by atoms with Gasteiger partial charge in [0.2, 0.25) is 0 Å². The van der Waals surface area contributed by atoms with Gasteiger partial charge in [0.25, 0.3) is 5.91 Å². The molecule has 0 aliphatic carbocycles. The first kappa shape index (κ1) is 24.0. The van der Waals surface area contributed by atoms with Gasteiger partial charge in [-0.15, -0.1) is 10.2 Å². The van der Waals surface area contributed by atoms with Crippen LogP contribution < -0.4 is 14.9 Å². The number of pyridine rings is 1. The number of benzene rings is 2. The molecule has 0 saturated carbocycles. The monoisotopic (exact) mass is 488 g/mol. The Balaban J connectivity index is 1.55. The molecule has 0 atom stereocenters. The number of carbonyl (C=O) groups excluding carboxylic acids is 1. The number of ether oxygens (including phenoxy) is 2. The summed E-state index contributed by atoms with van der Waals surface area (Å²) >= 11 is 1.27. The highest BCUT2D eigenvalue weighted by atomic mass is 32.2.